The molecule has 0 unspecified atom stereocenters. The maximum absolute atomic E-state index is 5.59. The van der Waals surface area contributed by atoms with Gasteiger partial charge in [-0.3, -0.25) is 0 Å². The van der Waals surface area contributed by atoms with Crippen LogP contribution in [0.4, 0.5) is 0 Å². The lowest BCUT2D eigenvalue weighted by molar-refractivity contribution is 0.369. The van der Waals surface area contributed by atoms with Crippen LogP contribution in [0.5, 0.6) is 5.75 Å². The van der Waals surface area contributed by atoms with Gasteiger partial charge in [-0.25, -0.2) is 0 Å². The highest BCUT2D eigenvalue weighted by atomic mass is 16.5. The molecule has 82 valence electrons. The molecule has 1 saturated carbocycles. The van der Waals surface area contributed by atoms with Crippen LogP contribution in [0.15, 0.2) is 18.2 Å². The predicted octanol–water partition coefficient (Wildman–Crippen LogP) is 4.09. The maximum Gasteiger partial charge on any atom is 0.125 e. The lowest BCUT2D eigenvalue weighted by Gasteiger charge is -2.28. The quantitative estimate of drug-likeness (QED) is 0.720. The van der Waals surface area contributed by atoms with Crippen molar-refractivity contribution in [1.82, 2.24) is 0 Å². The first-order valence-corrected chi connectivity index (χ1v) is 5.90. The van der Waals surface area contributed by atoms with Crippen molar-refractivity contribution in [3.05, 3.63) is 29.3 Å². The first kappa shape index (κ1) is 10.5. The molecule has 0 heterocycles. The van der Waals surface area contributed by atoms with E-state index in [0.717, 1.165) is 11.7 Å². The summed E-state index contributed by atoms with van der Waals surface area (Å²) in [6.07, 6.45) is 4.04. The van der Waals surface area contributed by atoms with Gasteiger partial charge in [0.15, 0.2) is 0 Å². The first-order chi connectivity index (χ1) is 7.24. The molecule has 0 aromatic heterocycles. The van der Waals surface area contributed by atoms with Crippen LogP contribution in [0.2, 0.25) is 0 Å². The van der Waals surface area contributed by atoms with Gasteiger partial charge in [0.2, 0.25) is 0 Å². The highest BCUT2D eigenvalue weighted by Crippen LogP contribution is 2.43. The molecule has 0 atom stereocenters. The third kappa shape index (κ3) is 1.88. The second-order valence-corrected chi connectivity index (χ2v) is 4.75. The Balaban J connectivity index is 2.40. The molecule has 0 N–H and O–H groups in total. The number of hydrogen-bond donors (Lipinski definition) is 0. The molecule has 0 aliphatic heterocycles. The van der Waals surface area contributed by atoms with Crippen LogP contribution in [-0.4, -0.2) is 7.11 Å². The summed E-state index contributed by atoms with van der Waals surface area (Å²) in [5.74, 6) is 2.43. The van der Waals surface area contributed by atoms with Crippen LogP contribution in [0.3, 0.4) is 0 Å². The van der Waals surface area contributed by atoms with E-state index in [-0.39, 0.29) is 0 Å². The number of rotatable bonds is 3. The summed E-state index contributed by atoms with van der Waals surface area (Å²) in [6.45, 7) is 4.45. The van der Waals surface area contributed by atoms with Crippen molar-refractivity contribution in [3.63, 3.8) is 0 Å². The number of methoxy groups -OCH3 is 1. The Morgan fingerprint density at radius 2 is 2.00 bits per heavy atom. The van der Waals surface area contributed by atoms with Crippen LogP contribution in [-0.2, 0) is 0 Å². The molecular formula is C14H20O. The monoisotopic (exact) mass is 204 g/mol. The van der Waals surface area contributed by atoms with Crippen LogP contribution in [0.25, 0.3) is 0 Å². The van der Waals surface area contributed by atoms with Gasteiger partial charge < -0.3 is 4.74 Å². The van der Waals surface area contributed by atoms with Crippen molar-refractivity contribution in [3.8, 4) is 5.75 Å². The van der Waals surface area contributed by atoms with Crippen molar-refractivity contribution < 1.29 is 4.74 Å². The fraction of sp³-hybridized carbons (Fsp3) is 0.571. The zero-order valence-electron chi connectivity index (χ0n) is 9.92. The predicted molar refractivity (Wildman–Crippen MR) is 63.7 cm³/mol. The molecule has 1 heteroatoms. The van der Waals surface area contributed by atoms with Crippen LogP contribution >= 0.6 is 0 Å². The fourth-order valence-electron chi connectivity index (χ4n) is 2.30. The standard InChI is InChI=1S/C14H20O/c1-10(2)12-8-5-9-13(14(12)15-3)11-6-4-7-11/h5,8-11H,4,6-7H2,1-3H3. The highest BCUT2D eigenvalue weighted by Gasteiger charge is 2.24. The van der Waals surface area contributed by atoms with Gasteiger partial charge in [0.25, 0.3) is 0 Å². The van der Waals surface area contributed by atoms with E-state index in [1.165, 1.54) is 30.4 Å². The van der Waals surface area contributed by atoms with Gasteiger partial charge in [0.1, 0.15) is 5.75 Å². The molecule has 1 fully saturated rings. The summed E-state index contributed by atoms with van der Waals surface area (Å²) in [5, 5.41) is 0. The number of benzene rings is 1. The van der Waals surface area contributed by atoms with Gasteiger partial charge in [0.05, 0.1) is 7.11 Å². The Morgan fingerprint density at radius 3 is 2.47 bits per heavy atom. The van der Waals surface area contributed by atoms with E-state index in [1.807, 2.05) is 0 Å². The lowest BCUT2D eigenvalue weighted by atomic mass is 9.78. The minimum atomic E-state index is 0.542. The van der Waals surface area contributed by atoms with E-state index in [4.69, 9.17) is 4.74 Å². The Morgan fingerprint density at radius 1 is 1.27 bits per heavy atom. The summed E-state index contributed by atoms with van der Waals surface area (Å²) in [4.78, 5) is 0. The molecule has 0 radical (unpaired) electrons. The van der Waals surface area contributed by atoms with E-state index in [0.29, 0.717) is 5.92 Å². The van der Waals surface area contributed by atoms with Crippen molar-refractivity contribution in [2.24, 2.45) is 0 Å². The van der Waals surface area contributed by atoms with E-state index in [1.54, 1.807) is 7.11 Å². The summed E-state index contributed by atoms with van der Waals surface area (Å²) in [6, 6.07) is 6.59. The molecule has 0 amide bonds. The average Bonchev–Trinajstić information content (AvgIpc) is 2.14. The number of hydrogen-bond acceptors (Lipinski definition) is 1. The molecule has 1 aliphatic rings. The molecule has 15 heavy (non-hydrogen) atoms. The zero-order chi connectivity index (χ0) is 10.8. The minimum Gasteiger partial charge on any atom is -0.496 e. The van der Waals surface area contributed by atoms with Crippen LogP contribution in [0, 0.1) is 0 Å². The molecular weight excluding hydrogens is 184 g/mol. The second kappa shape index (κ2) is 4.26. The van der Waals surface area contributed by atoms with Gasteiger partial charge in [0, 0.05) is 0 Å². The molecule has 0 bridgehead atoms. The van der Waals surface area contributed by atoms with Crippen molar-refractivity contribution in [1.29, 1.82) is 0 Å². The number of para-hydroxylation sites is 1. The van der Waals surface area contributed by atoms with E-state index < -0.39 is 0 Å². The zero-order valence-corrected chi connectivity index (χ0v) is 9.92. The first-order valence-electron chi connectivity index (χ1n) is 5.90. The van der Waals surface area contributed by atoms with Gasteiger partial charge in [-0.1, -0.05) is 38.5 Å². The highest BCUT2D eigenvalue weighted by molar-refractivity contribution is 5.45. The van der Waals surface area contributed by atoms with Crippen molar-refractivity contribution >= 4 is 0 Å². The maximum atomic E-state index is 5.59. The molecule has 1 aromatic carbocycles. The largest absolute Gasteiger partial charge is 0.496 e. The molecule has 1 aliphatic carbocycles. The normalized spacial score (nSPS) is 16.5. The summed E-state index contributed by atoms with van der Waals surface area (Å²) in [7, 11) is 1.80. The van der Waals surface area contributed by atoms with Crippen LogP contribution in [0.1, 0.15) is 56.1 Å². The second-order valence-electron chi connectivity index (χ2n) is 4.75. The third-order valence-electron chi connectivity index (χ3n) is 3.45. The Kier molecular flexibility index (Phi) is 2.99. The Bertz CT molecular complexity index is 337. The average molecular weight is 204 g/mol. The summed E-state index contributed by atoms with van der Waals surface area (Å²) >= 11 is 0. The van der Waals surface area contributed by atoms with E-state index >= 15 is 0 Å². The van der Waals surface area contributed by atoms with Gasteiger partial charge in [-0.05, 0) is 35.8 Å². The number of ether oxygens (including phenoxy) is 1. The third-order valence-corrected chi connectivity index (χ3v) is 3.45. The molecule has 0 saturated heterocycles. The molecule has 1 aromatic rings. The van der Waals surface area contributed by atoms with Gasteiger partial charge in [-0.15, -0.1) is 0 Å². The van der Waals surface area contributed by atoms with Crippen molar-refractivity contribution in [2.75, 3.05) is 7.11 Å². The van der Waals surface area contributed by atoms with Crippen LogP contribution < -0.4 is 4.74 Å². The molecule has 1 nitrogen and oxygen atoms in total. The Hall–Kier alpha value is -0.980. The smallest absolute Gasteiger partial charge is 0.125 e. The summed E-state index contributed by atoms with van der Waals surface area (Å²) in [5.41, 5.74) is 2.77. The lowest BCUT2D eigenvalue weighted by Crippen LogP contribution is -2.11. The fourth-order valence-corrected chi connectivity index (χ4v) is 2.30. The molecule has 2 rings (SSSR count). The topological polar surface area (TPSA) is 9.23 Å². The van der Waals surface area contributed by atoms with Gasteiger partial charge >= 0.3 is 0 Å². The SMILES string of the molecule is COc1c(C(C)C)cccc1C1CCC1. The Labute approximate surface area is 92.5 Å². The van der Waals surface area contributed by atoms with Crippen molar-refractivity contribution in [2.45, 2.75) is 44.9 Å². The van der Waals surface area contributed by atoms with E-state index in [2.05, 4.69) is 32.0 Å². The van der Waals surface area contributed by atoms with Gasteiger partial charge in [-0.2, -0.15) is 0 Å². The van der Waals surface area contributed by atoms with E-state index in [9.17, 15) is 0 Å². The summed E-state index contributed by atoms with van der Waals surface area (Å²) < 4.78 is 5.59. The minimum absolute atomic E-state index is 0.542. The molecule has 0 spiro atoms.